The van der Waals surface area contributed by atoms with E-state index in [4.69, 9.17) is 0 Å². The van der Waals surface area contributed by atoms with Gasteiger partial charge < -0.3 is 5.32 Å². The van der Waals surface area contributed by atoms with E-state index >= 15 is 0 Å². The van der Waals surface area contributed by atoms with Crippen molar-refractivity contribution in [3.05, 3.63) is 54.1 Å². The van der Waals surface area contributed by atoms with E-state index in [2.05, 4.69) is 15.6 Å². The van der Waals surface area contributed by atoms with Crippen molar-refractivity contribution in [1.29, 1.82) is 0 Å². The number of hydrogen-bond acceptors (Lipinski definition) is 3. The monoisotopic (exact) mass is 374 g/mol. The summed E-state index contributed by atoms with van der Waals surface area (Å²) in [5.74, 6) is -0.810. The Hall–Kier alpha value is -3.36. The Labute approximate surface area is 151 Å². The summed E-state index contributed by atoms with van der Waals surface area (Å²) in [4.78, 5) is 28.9. The van der Waals surface area contributed by atoms with E-state index < -0.39 is 29.6 Å². The van der Waals surface area contributed by atoms with Crippen molar-refractivity contribution in [2.75, 3.05) is 10.6 Å². The molecule has 0 radical (unpaired) electrons. The highest BCUT2D eigenvalue weighted by Gasteiger charge is 2.36. The first-order valence-electron chi connectivity index (χ1n) is 8.08. The molecule has 0 saturated carbocycles. The van der Waals surface area contributed by atoms with Crippen LogP contribution in [0.5, 0.6) is 0 Å². The molecule has 0 aliphatic carbocycles. The van der Waals surface area contributed by atoms with Crippen LogP contribution in [0, 0.1) is 0 Å². The van der Waals surface area contributed by atoms with Gasteiger partial charge >= 0.3 is 6.18 Å². The Morgan fingerprint density at radius 1 is 1.15 bits per heavy atom. The molecule has 138 valence electrons. The smallest absolute Gasteiger partial charge is 0.325 e. The summed E-state index contributed by atoms with van der Waals surface area (Å²) < 4.78 is 40.8. The third kappa shape index (κ3) is 3.01. The van der Waals surface area contributed by atoms with Crippen molar-refractivity contribution in [1.82, 2.24) is 9.55 Å². The first-order chi connectivity index (χ1) is 12.8. The molecule has 1 aliphatic rings. The van der Waals surface area contributed by atoms with Gasteiger partial charge in [0.25, 0.3) is 0 Å². The highest BCUT2D eigenvalue weighted by atomic mass is 19.4. The maximum atomic E-state index is 13.1. The standard InChI is InChI=1S/C18H13F3N4O2/c19-18(20,21)10-5-1-2-6-11(10)22-15(26)9-14-16(27)24-17-23-12-7-3-4-8-13(12)25(14)17/h1-8,14H,9H2,(H,22,26)(H,23,24,27)/t14-/m1/s1. The van der Waals surface area contributed by atoms with Crippen molar-refractivity contribution >= 4 is 34.5 Å². The summed E-state index contributed by atoms with van der Waals surface area (Å²) in [6.07, 6.45) is -4.91. The van der Waals surface area contributed by atoms with Gasteiger partial charge in [0.2, 0.25) is 17.8 Å². The number of anilines is 2. The molecule has 4 rings (SSSR count). The van der Waals surface area contributed by atoms with E-state index in [0.717, 1.165) is 6.07 Å². The Balaban J connectivity index is 1.59. The van der Waals surface area contributed by atoms with E-state index in [1.54, 1.807) is 28.8 Å². The van der Waals surface area contributed by atoms with E-state index in [0.29, 0.717) is 17.0 Å². The number of alkyl halides is 3. The minimum Gasteiger partial charge on any atom is -0.325 e. The van der Waals surface area contributed by atoms with Crippen molar-refractivity contribution < 1.29 is 22.8 Å². The van der Waals surface area contributed by atoms with Gasteiger partial charge in [-0.25, -0.2) is 4.98 Å². The van der Waals surface area contributed by atoms with Gasteiger partial charge in [-0.1, -0.05) is 24.3 Å². The molecule has 0 unspecified atom stereocenters. The average Bonchev–Trinajstić information content (AvgIpc) is 3.10. The van der Waals surface area contributed by atoms with Gasteiger partial charge in [-0.2, -0.15) is 13.2 Å². The lowest BCUT2D eigenvalue weighted by molar-refractivity contribution is -0.137. The van der Waals surface area contributed by atoms with E-state index in [1.807, 2.05) is 0 Å². The molecule has 1 aromatic heterocycles. The molecule has 1 atom stereocenters. The summed E-state index contributed by atoms with van der Waals surface area (Å²) in [7, 11) is 0. The van der Waals surface area contributed by atoms with Crippen LogP contribution in [0.2, 0.25) is 0 Å². The van der Waals surface area contributed by atoms with Crippen molar-refractivity contribution in [2.45, 2.75) is 18.6 Å². The molecule has 27 heavy (non-hydrogen) atoms. The molecule has 0 bridgehead atoms. The minimum absolute atomic E-state index is 0.314. The number of carbonyl (C=O) groups excluding carboxylic acids is 2. The average molecular weight is 374 g/mol. The van der Waals surface area contributed by atoms with Gasteiger partial charge in [0.1, 0.15) is 6.04 Å². The fourth-order valence-electron chi connectivity index (χ4n) is 3.16. The van der Waals surface area contributed by atoms with Crippen LogP contribution in [0.1, 0.15) is 18.0 Å². The Kier molecular flexibility index (Phi) is 3.87. The lowest BCUT2D eigenvalue weighted by Gasteiger charge is -2.15. The lowest BCUT2D eigenvalue weighted by atomic mass is 10.1. The van der Waals surface area contributed by atoms with Crippen LogP contribution >= 0.6 is 0 Å². The second-order valence-electron chi connectivity index (χ2n) is 6.09. The number of halogens is 3. The van der Waals surface area contributed by atoms with Gasteiger partial charge in [-0.15, -0.1) is 0 Å². The summed E-state index contributed by atoms with van der Waals surface area (Å²) in [6.45, 7) is 0. The van der Waals surface area contributed by atoms with Crippen LogP contribution in [0.4, 0.5) is 24.8 Å². The first-order valence-corrected chi connectivity index (χ1v) is 8.08. The van der Waals surface area contributed by atoms with E-state index in [-0.39, 0.29) is 12.1 Å². The number of fused-ring (bicyclic) bond motifs is 3. The number of imidazole rings is 1. The molecule has 2 amide bonds. The van der Waals surface area contributed by atoms with Crippen LogP contribution in [0.15, 0.2) is 48.5 Å². The second-order valence-corrected chi connectivity index (χ2v) is 6.09. The number of aromatic nitrogens is 2. The number of rotatable bonds is 3. The van der Waals surface area contributed by atoms with Gasteiger partial charge in [0.15, 0.2) is 0 Å². The van der Waals surface area contributed by atoms with E-state index in [9.17, 15) is 22.8 Å². The SMILES string of the molecule is O=C(C[C@@H]1C(=O)Nc2nc3ccccc3n21)Nc1ccccc1C(F)(F)F. The van der Waals surface area contributed by atoms with Crippen LogP contribution < -0.4 is 10.6 Å². The maximum absolute atomic E-state index is 13.1. The fraction of sp³-hybridized carbons (Fsp3) is 0.167. The summed E-state index contributed by atoms with van der Waals surface area (Å²) >= 11 is 0. The van der Waals surface area contributed by atoms with E-state index in [1.165, 1.54) is 18.2 Å². The Morgan fingerprint density at radius 3 is 2.63 bits per heavy atom. The molecular weight excluding hydrogens is 361 g/mol. The minimum atomic E-state index is -4.59. The maximum Gasteiger partial charge on any atom is 0.418 e. The van der Waals surface area contributed by atoms with Gasteiger partial charge in [-0.3, -0.25) is 19.5 Å². The van der Waals surface area contributed by atoms with Gasteiger partial charge in [-0.05, 0) is 24.3 Å². The number of para-hydroxylation sites is 3. The van der Waals surface area contributed by atoms with Crippen molar-refractivity contribution in [2.24, 2.45) is 0 Å². The zero-order valence-electron chi connectivity index (χ0n) is 13.7. The zero-order valence-corrected chi connectivity index (χ0v) is 13.7. The number of amides is 2. The van der Waals surface area contributed by atoms with Crippen LogP contribution in [-0.2, 0) is 15.8 Å². The molecule has 3 aromatic rings. The zero-order chi connectivity index (χ0) is 19.2. The molecule has 1 aliphatic heterocycles. The molecule has 2 heterocycles. The largest absolute Gasteiger partial charge is 0.418 e. The molecule has 2 aromatic carbocycles. The number of nitrogens with one attached hydrogen (secondary N) is 2. The summed E-state index contributed by atoms with van der Waals surface area (Å²) in [5, 5.41) is 4.86. The molecule has 9 heteroatoms. The number of nitrogens with zero attached hydrogens (tertiary/aromatic N) is 2. The van der Waals surface area contributed by atoms with Crippen LogP contribution in [0.25, 0.3) is 11.0 Å². The third-order valence-corrected chi connectivity index (χ3v) is 4.33. The van der Waals surface area contributed by atoms with Crippen LogP contribution in [-0.4, -0.2) is 21.4 Å². The molecule has 0 fully saturated rings. The van der Waals surface area contributed by atoms with Crippen molar-refractivity contribution in [3.8, 4) is 0 Å². The van der Waals surface area contributed by atoms with Crippen molar-refractivity contribution in [3.63, 3.8) is 0 Å². The summed E-state index contributed by atoms with van der Waals surface area (Å²) in [6, 6.07) is 10.9. The molecule has 0 saturated heterocycles. The highest BCUT2D eigenvalue weighted by Crippen LogP contribution is 2.35. The van der Waals surface area contributed by atoms with Gasteiger partial charge in [0, 0.05) is 0 Å². The molecular formula is C18H13F3N4O2. The Bertz CT molecular complexity index is 1060. The number of benzene rings is 2. The third-order valence-electron chi connectivity index (χ3n) is 4.33. The molecule has 6 nitrogen and oxygen atoms in total. The first kappa shape index (κ1) is 17.1. The summed E-state index contributed by atoms with van der Waals surface area (Å²) in [5.41, 5.74) is 0.0341. The molecule has 0 spiro atoms. The van der Waals surface area contributed by atoms with Crippen LogP contribution in [0.3, 0.4) is 0 Å². The quantitative estimate of drug-likeness (QED) is 0.736. The predicted octanol–water partition coefficient (Wildman–Crippen LogP) is 3.58. The Morgan fingerprint density at radius 2 is 1.85 bits per heavy atom. The van der Waals surface area contributed by atoms with Gasteiger partial charge in [0.05, 0.1) is 28.7 Å². The lowest BCUT2D eigenvalue weighted by Crippen LogP contribution is -2.24. The highest BCUT2D eigenvalue weighted by molar-refractivity contribution is 6.03. The second kappa shape index (κ2) is 6.11. The topological polar surface area (TPSA) is 76.0 Å². The predicted molar refractivity (Wildman–Crippen MR) is 92.1 cm³/mol. The molecule has 2 N–H and O–H groups in total. The number of carbonyl (C=O) groups is 2. The number of hydrogen-bond donors (Lipinski definition) is 2. The fourth-order valence-corrected chi connectivity index (χ4v) is 3.16. The normalized spacial score (nSPS) is 16.3.